The molecule has 0 aliphatic carbocycles. The maximum absolute atomic E-state index is 12.2. The molecule has 140 valence electrons. The second kappa shape index (κ2) is 9.64. The number of unbranched alkanes of at least 4 members (excludes halogenated alkanes) is 1. The molecule has 0 amide bonds. The molecule has 0 saturated heterocycles. The highest BCUT2D eigenvalue weighted by molar-refractivity contribution is 7.26. The van der Waals surface area contributed by atoms with Gasteiger partial charge in [0.2, 0.25) is 0 Å². The summed E-state index contributed by atoms with van der Waals surface area (Å²) in [6.07, 6.45) is 2.41. The van der Waals surface area contributed by atoms with Crippen molar-refractivity contribution in [1.82, 2.24) is 0 Å². The minimum absolute atomic E-state index is 0.302. The van der Waals surface area contributed by atoms with Gasteiger partial charge in [-0.25, -0.2) is 9.59 Å². The van der Waals surface area contributed by atoms with E-state index in [0.717, 1.165) is 15.8 Å². The van der Waals surface area contributed by atoms with Gasteiger partial charge in [0.05, 0.1) is 13.2 Å². The van der Waals surface area contributed by atoms with Crippen LogP contribution in [0.2, 0.25) is 0 Å². The Kier molecular flexibility index (Phi) is 6.98. The first-order valence-corrected chi connectivity index (χ1v) is 10.9. The lowest BCUT2D eigenvalue weighted by Crippen LogP contribution is -2.06. The SMILES string of the molecule is C=CC(=O)OCCCCOC(=O)c1ccc(-c2ccc(-c3cccs3)s2)s1. The van der Waals surface area contributed by atoms with E-state index in [0.29, 0.717) is 30.9 Å². The molecular formula is C20H18O4S3. The van der Waals surface area contributed by atoms with Gasteiger partial charge >= 0.3 is 11.9 Å². The van der Waals surface area contributed by atoms with Crippen LogP contribution in [-0.4, -0.2) is 25.2 Å². The summed E-state index contributed by atoms with van der Waals surface area (Å²) in [5, 5.41) is 2.07. The third-order valence-electron chi connectivity index (χ3n) is 3.60. The summed E-state index contributed by atoms with van der Waals surface area (Å²) >= 11 is 4.88. The highest BCUT2D eigenvalue weighted by atomic mass is 32.1. The molecule has 0 unspecified atom stereocenters. The molecule has 0 aromatic carbocycles. The molecule has 0 saturated carbocycles. The summed E-state index contributed by atoms with van der Waals surface area (Å²) in [4.78, 5) is 28.3. The Morgan fingerprint density at radius 2 is 1.56 bits per heavy atom. The van der Waals surface area contributed by atoms with Crippen molar-refractivity contribution in [2.75, 3.05) is 13.2 Å². The number of esters is 2. The smallest absolute Gasteiger partial charge is 0.348 e. The van der Waals surface area contributed by atoms with Gasteiger partial charge in [-0.3, -0.25) is 0 Å². The van der Waals surface area contributed by atoms with Crippen molar-refractivity contribution in [2.45, 2.75) is 12.8 Å². The molecule has 0 fully saturated rings. The molecule has 27 heavy (non-hydrogen) atoms. The second-order valence-corrected chi connectivity index (χ2v) is 8.63. The van der Waals surface area contributed by atoms with Crippen molar-refractivity contribution in [1.29, 1.82) is 0 Å². The zero-order chi connectivity index (χ0) is 19.1. The van der Waals surface area contributed by atoms with Gasteiger partial charge in [-0.15, -0.1) is 34.0 Å². The molecule has 0 aliphatic heterocycles. The molecule has 0 radical (unpaired) electrons. The Morgan fingerprint density at radius 3 is 2.26 bits per heavy atom. The minimum Gasteiger partial charge on any atom is -0.463 e. The summed E-state index contributed by atoms with van der Waals surface area (Å²) in [5.41, 5.74) is 0. The summed E-state index contributed by atoms with van der Waals surface area (Å²) < 4.78 is 10.2. The molecule has 3 rings (SSSR count). The van der Waals surface area contributed by atoms with Crippen LogP contribution in [0.1, 0.15) is 22.5 Å². The van der Waals surface area contributed by atoms with Crippen LogP contribution in [0, 0.1) is 0 Å². The van der Waals surface area contributed by atoms with Crippen LogP contribution in [0.5, 0.6) is 0 Å². The minimum atomic E-state index is -0.436. The maximum atomic E-state index is 12.2. The largest absolute Gasteiger partial charge is 0.463 e. The van der Waals surface area contributed by atoms with Crippen molar-refractivity contribution in [3.63, 3.8) is 0 Å². The van der Waals surface area contributed by atoms with Crippen molar-refractivity contribution in [2.24, 2.45) is 0 Å². The fourth-order valence-corrected chi connectivity index (χ4v) is 5.10. The molecule has 3 aromatic heterocycles. The van der Waals surface area contributed by atoms with Crippen LogP contribution in [0.4, 0.5) is 0 Å². The van der Waals surface area contributed by atoms with Gasteiger partial charge in [0, 0.05) is 25.6 Å². The van der Waals surface area contributed by atoms with E-state index in [1.807, 2.05) is 12.1 Å². The zero-order valence-electron chi connectivity index (χ0n) is 14.5. The fourth-order valence-electron chi connectivity index (χ4n) is 2.27. The fraction of sp³-hybridized carbons (Fsp3) is 0.200. The van der Waals surface area contributed by atoms with E-state index >= 15 is 0 Å². The average molecular weight is 419 g/mol. The van der Waals surface area contributed by atoms with E-state index in [2.05, 4.69) is 30.2 Å². The van der Waals surface area contributed by atoms with E-state index in [9.17, 15) is 9.59 Å². The number of carbonyl (C=O) groups is 2. The molecule has 4 nitrogen and oxygen atoms in total. The van der Waals surface area contributed by atoms with Gasteiger partial charge in [-0.05, 0) is 48.6 Å². The zero-order valence-corrected chi connectivity index (χ0v) is 17.0. The molecule has 0 N–H and O–H groups in total. The van der Waals surface area contributed by atoms with Crippen LogP contribution < -0.4 is 0 Å². The Bertz CT molecular complexity index is 905. The first-order chi connectivity index (χ1) is 13.2. The molecule has 0 atom stereocenters. The van der Waals surface area contributed by atoms with Gasteiger partial charge in [0.25, 0.3) is 0 Å². The first kappa shape index (κ1) is 19.5. The second-order valence-electron chi connectivity index (χ2n) is 5.52. The number of thiophene rings is 3. The Morgan fingerprint density at radius 1 is 0.889 bits per heavy atom. The topological polar surface area (TPSA) is 52.6 Å². The van der Waals surface area contributed by atoms with Crippen LogP contribution in [0.15, 0.2) is 54.4 Å². The lowest BCUT2D eigenvalue weighted by Gasteiger charge is -2.03. The predicted octanol–water partition coefficient (Wildman–Crippen LogP) is 5.87. The highest BCUT2D eigenvalue weighted by Gasteiger charge is 2.13. The number of carbonyl (C=O) groups excluding carboxylic acids is 2. The van der Waals surface area contributed by atoms with Crippen LogP contribution in [-0.2, 0) is 14.3 Å². The number of hydrogen-bond acceptors (Lipinski definition) is 7. The standard InChI is InChI=1S/C20H18O4S3/c1-2-19(21)23-11-3-4-12-24-20(22)18-10-9-17(27-18)16-8-7-15(26-16)14-6-5-13-25-14/h2,5-10,13H,1,3-4,11-12H2. The Hall–Kier alpha value is -2.22. The van der Waals surface area contributed by atoms with Gasteiger partial charge in [-0.2, -0.15) is 0 Å². The third-order valence-corrected chi connectivity index (χ3v) is 7.01. The number of hydrogen-bond donors (Lipinski definition) is 0. The molecule has 0 aliphatic rings. The Balaban J connectivity index is 1.48. The summed E-state index contributed by atoms with van der Waals surface area (Å²) in [5.74, 6) is -0.752. The summed E-state index contributed by atoms with van der Waals surface area (Å²) in [6, 6.07) is 12.1. The van der Waals surface area contributed by atoms with Gasteiger partial charge in [0.1, 0.15) is 4.88 Å². The van der Waals surface area contributed by atoms with E-state index in [4.69, 9.17) is 9.47 Å². The molecule has 3 aromatic rings. The van der Waals surface area contributed by atoms with Crippen LogP contribution >= 0.6 is 34.0 Å². The molecule has 0 bridgehead atoms. The predicted molar refractivity (Wildman–Crippen MR) is 112 cm³/mol. The summed E-state index contributed by atoms with van der Waals surface area (Å²) in [6.45, 7) is 3.94. The van der Waals surface area contributed by atoms with Crippen LogP contribution in [0.3, 0.4) is 0 Å². The van der Waals surface area contributed by atoms with Gasteiger partial charge < -0.3 is 9.47 Å². The van der Waals surface area contributed by atoms with E-state index < -0.39 is 5.97 Å². The van der Waals surface area contributed by atoms with E-state index in [1.165, 1.54) is 21.1 Å². The number of rotatable bonds is 9. The Labute approximate surface area is 169 Å². The average Bonchev–Trinajstić information content (AvgIpc) is 3.43. The number of ether oxygens (including phenoxy) is 2. The van der Waals surface area contributed by atoms with Crippen molar-refractivity contribution >= 4 is 45.9 Å². The monoisotopic (exact) mass is 418 g/mol. The quantitative estimate of drug-likeness (QED) is 0.248. The van der Waals surface area contributed by atoms with Crippen molar-refractivity contribution < 1.29 is 19.1 Å². The van der Waals surface area contributed by atoms with Gasteiger partial charge in [0.15, 0.2) is 0 Å². The normalized spacial score (nSPS) is 10.5. The first-order valence-electron chi connectivity index (χ1n) is 8.37. The van der Waals surface area contributed by atoms with Crippen molar-refractivity contribution in [3.8, 4) is 19.5 Å². The molecule has 7 heteroatoms. The van der Waals surface area contributed by atoms with Gasteiger partial charge in [-0.1, -0.05) is 12.6 Å². The highest BCUT2D eigenvalue weighted by Crippen LogP contribution is 2.39. The summed E-state index contributed by atoms with van der Waals surface area (Å²) in [7, 11) is 0. The third kappa shape index (κ3) is 5.38. The molecule has 0 spiro atoms. The van der Waals surface area contributed by atoms with Crippen LogP contribution in [0.25, 0.3) is 19.5 Å². The van der Waals surface area contributed by atoms with E-state index in [1.54, 1.807) is 28.7 Å². The van der Waals surface area contributed by atoms with Crippen molar-refractivity contribution in [3.05, 3.63) is 59.3 Å². The maximum Gasteiger partial charge on any atom is 0.348 e. The molecule has 3 heterocycles. The molecular weight excluding hydrogens is 400 g/mol. The van der Waals surface area contributed by atoms with E-state index in [-0.39, 0.29) is 5.97 Å². The lowest BCUT2D eigenvalue weighted by atomic mass is 10.3. The lowest BCUT2D eigenvalue weighted by molar-refractivity contribution is -0.137.